The highest BCUT2D eigenvalue weighted by Crippen LogP contribution is 2.41. The van der Waals surface area contributed by atoms with Crippen LogP contribution in [-0.4, -0.2) is 70.1 Å². The summed E-state index contributed by atoms with van der Waals surface area (Å²) in [5, 5.41) is 11.2. The second kappa shape index (κ2) is 8.42. The molecule has 5 rings (SSSR count). The van der Waals surface area contributed by atoms with Crippen LogP contribution in [0.2, 0.25) is 0 Å². The lowest BCUT2D eigenvalue weighted by atomic mass is 9.95. The van der Waals surface area contributed by atoms with Crippen molar-refractivity contribution in [2.24, 2.45) is 0 Å². The van der Waals surface area contributed by atoms with Crippen LogP contribution in [0.1, 0.15) is 39.0 Å². The molecular weight excluding hydrogens is 597 g/mol. The number of alkyl halides is 1. The topological polar surface area (TPSA) is 61.7 Å². The van der Waals surface area contributed by atoms with Gasteiger partial charge in [-0.25, -0.2) is 8.78 Å². The molecule has 0 bridgehead atoms. The number of halogens is 4. The number of nitrogens with zero attached hydrogens (tertiary/aromatic N) is 4. The van der Waals surface area contributed by atoms with Crippen LogP contribution in [0.3, 0.4) is 0 Å². The van der Waals surface area contributed by atoms with Crippen molar-refractivity contribution in [2.75, 3.05) is 37.7 Å². The van der Waals surface area contributed by atoms with Crippen LogP contribution in [-0.2, 0) is 0 Å². The number of hydrogen-bond donors (Lipinski definition) is 1. The first-order chi connectivity index (χ1) is 15.2. The zero-order chi connectivity index (χ0) is 22.7. The number of benzene rings is 1. The van der Waals surface area contributed by atoms with Gasteiger partial charge in [0.25, 0.3) is 0 Å². The predicted molar refractivity (Wildman–Crippen MR) is 131 cm³/mol. The van der Waals surface area contributed by atoms with Gasteiger partial charge in [-0.1, -0.05) is 0 Å². The molecule has 0 aliphatic carbocycles. The highest BCUT2D eigenvalue weighted by atomic mass is 127. The van der Waals surface area contributed by atoms with Crippen molar-refractivity contribution in [1.82, 2.24) is 14.9 Å². The Bertz CT molecular complexity index is 1060. The molecular formula is C22H26BrF2IN4O2. The Morgan fingerprint density at radius 1 is 1.31 bits per heavy atom. The van der Waals surface area contributed by atoms with Crippen molar-refractivity contribution in [1.29, 1.82) is 0 Å². The number of ether oxygens (including phenoxy) is 1. The summed E-state index contributed by atoms with van der Waals surface area (Å²) in [4.78, 5) is 13.2. The van der Waals surface area contributed by atoms with Gasteiger partial charge in [0.2, 0.25) is 0 Å². The lowest BCUT2D eigenvalue weighted by molar-refractivity contribution is 0.0447. The first-order valence-corrected chi connectivity index (χ1v) is 12.9. The van der Waals surface area contributed by atoms with Gasteiger partial charge in [-0.3, -0.25) is 4.90 Å². The SMILES string of the molecule is C[C@@]1(O)CCCN(c2nc(OC[C@@]34CCCN3C[C@H](F)C4)nc3c(F)c(Br)c(I)cc23)C1. The normalized spacial score (nSPS) is 30.8. The van der Waals surface area contributed by atoms with Crippen LogP contribution < -0.4 is 9.64 Å². The number of anilines is 1. The van der Waals surface area contributed by atoms with Crippen molar-refractivity contribution in [2.45, 2.75) is 56.3 Å². The van der Waals surface area contributed by atoms with E-state index in [4.69, 9.17) is 4.74 Å². The summed E-state index contributed by atoms with van der Waals surface area (Å²) in [7, 11) is 0. The van der Waals surface area contributed by atoms with E-state index in [-0.39, 0.29) is 23.7 Å². The van der Waals surface area contributed by atoms with Gasteiger partial charge in [0.15, 0.2) is 5.82 Å². The van der Waals surface area contributed by atoms with Gasteiger partial charge in [-0.15, -0.1) is 0 Å². The molecule has 10 heteroatoms. The number of piperidine rings is 1. The van der Waals surface area contributed by atoms with Crippen LogP contribution in [0.5, 0.6) is 6.01 Å². The fourth-order valence-corrected chi connectivity index (χ4v) is 6.34. The average molecular weight is 623 g/mol. The molecule has 32 heavy (non-hydrogen) atoms. The lowest BCUT2D eigenvalue weighted by Crippen LogP contribution is -2.46. The maximum Gasteiger partial charge on any atom is 0.319 e. The van der Waals surface area contributed by atoms with Crippen molar-refractivity contribution >= 4 is 55.2 Å². The monoisotopic (exact) mass is 622 g/mol. The Kier molecular flexibility index (Phi) is 6.03. The van der Waals surface area contributed by atoms with Gasteiger partial charge in [-0.2, -0.15) is 9.97 Å². The molecule has 3 aliphatic rings. The third-order valence-electron chi connectivity index (χ3n) is 6.99. The maximum atomic E-state index is 15.2. The standard InChI is InChI=1S/C22H26BrF2IN4O2/c1-21(31)4-2-6-29(11-21)19-14-8-15(26)16(23)17(25)18(14)27-20(28-19)32-12-22-5-3-7-30(22)10-13(24)9-22/h8,13,31H,2-7,9-12H2,1H3/t13-,21-,22+/m1/s1. The van der Waals surface area contributed by atoms with E-state index in [9.17, 15) is 9.50 Å². The molecule has 1 aromatic heterocycles. The number of aliphatic hydroxyl groups is 1. The molecule has 6 nitrogen and oxygen atoms in total. The molecule has 0 radical (unpaired) electrons. The summed E-state index contributed by atoms with van der Waals surface area (Å²) in [6, 6.07) is 1.95. The van der Waals surface area contributed by atoms with Gasteiger partial charge in [0.05, 0.1) is 15.6 Å². The smallest absolute Gasteiger partial charge is 0.319 e. The molecule has 1 N–H and O–H groups in total. The van der Waals surface area contributed by atoms with Crippen molar-refractivity contribution in [3.8, 4) is 6.01 Å². The quantitative estimate of drug-likeness (QED) is 0.402. The van der Waals surface area contributed by atoms with E-state index in [0.29, 0.717) is 48.2 Å². The highest BCUT2D eigenvalue weighted by molar-refractivity contribution is 14.1. The molecule has 3 aliphatic heterocycles. The van der Waals surface area contributed by atoms with Gasteiger partial charge in [-0.05, 0) is 83.7 Å². The summed E-state index contributed by atoms with van der Waals surface area (Å²) in [6.45, 7) is 4.50. The Labute approximate surface area is 208 Å². The van der Waals surface area contributed by atoms with Crippen LogP contribution >= 0.6 is 38.5 Å². The number of fused-ring (bicyclic) bond motifs is 2. The molecule has 3 saturated heterocycles. The minimum Gasteiger partial charge on any atom is -0.461 e. The first-order valence-electron chi connectivity index (χ1n) is 11.0. The second-order valence-electron chi connectivity index (χ2n) is 9.60. The summed E-state index contributed by atoms with van der Waals surface area (Å²) < 4.78 is 36.5. The van der Waals surface area contributed by atoms with Gasteiger partial charge in [0, 0.05) is 35.0 Å². The van der Waals surface area contributed by atoms with E-state index in [0.717, 1.165) is 29.4 Å². The molecule has 3 atom stereocenters. The average Bonchev–Trinajstić information content (AvgIpc) is 3.25. The predicted octanol–water partition coefficient (Wildman–Crippen LogP) is 4.44. The van der Waals surface area contributed by atoms with E-state index in [1.54, 1.807) is 0 Å². The molecule has 0 amide bonds. The molecule has 4 heterocycles. The van der Waals surface area contributed by atoms with Crippen molar-refractivity contribution < 1.29 is 18.6 Å². The van der Waals surface area contributed by atoms with Crippen LogP contribution in [0.15, 0.2) is 10.5 Å². The third-order valence-corrected chi connectivity index (χ3v) is 9.36. The molecule has 0 saturated carbocycles. The Hall–Kier alpha value is -0.850. The maximum absolute atomic E-state index is 15.2. The van der Waals surface area contributed by atoms with Gasteiger partial charge >= 0.3 is 6.01 Å². The van der Waals surface area contributed by atoms with E-state index in [1.807, 2.05) is 17.9 Å². The summed E-state index contributed by atoms with van der Waals surface area (Å²) in [5.74, 6) is 0.0966. The molecule has 2 aromatic rings. The second-order valence-corrected chi connectivity index (χ2v) is 11.6. The molecule has 174 valence electrons. The van der Waals surface area contributed by atoms with Crippen LogP contribution in [0.4, 0.5) is 14.6 Å². The first kappa shape index (κ1) is 22.9. The Balaban J connectivity index is 1.53. The number of hydrogen-bond acceptors (Lipinski definition) is 6. The zero-order valence-electron chi connectivity index (χ0n) is 17.9. The van der Waals surface area contributed by atoms with E-state index < -0.39 is 17.6 Å². The summed E-state index contributed by atoms with van der Waals surface area (Å²) in [5.41, 5.74) is -1.00. The number of β-amino-alcohol motifs (C(OH)–C–C–N with tert-alkyl or cyclic N) is 1. The Morgan fingerprint density at radius 2 is 2.09 bits per heavy atom. The summed E-state index contributed by atoms with van der Waals surface area (Å²) >= 11 is 5.39. The van der Waals surface area contributed by atoms with Crippen LogP contribution in [0.25, 0.3) is 10.9 Å². The van der Waals surface area contributed by atoms with Gasteiger partial charge in [0.1, 0.15) is 24.1 Å². The fourth-order valence-electron chi connectivity index (χ4n) is 5.49. The Morgan fingerprint density at radius 3 is 2.88 bits per heavy atom. The largest absolute Gasteiger partial charge is 0.461 e. The van der Waals surface area contributed by atoms with Crippen molar-refractivity contribution in [3.05, 3.63) is 19.9 Å². The zero-order valence-corrected chi connectivity index (χ0v) is 21.6. The number of rotatable bonds is 4. The van der Waals surface area contributed by atoms with Gasteiger partial charge < -0.3 is 14.7 Å². The minimum absolute atomic E-state index is 0.0910. The molecule has 0 spiro atoms. The fraction of sp³-hybridized carbons (Fsp3) is 0.636. The number of aromatic nitrogens is 2. The third kappa shape index (κ3) is 4.09. The van der Waals surface area contributed by atoms with Crippen LogP contribution in [0, 0.1) is 9.39 Å². The molecule has 0 unspecified atom stereocenters. The van der Waals surface area contributed by atoms with E-state index >= 15 is 4.39 Å². The molecule has 1 aromatic carbocycles. The van der Waals surface area contributed by atoms with E-state index in [2.05, 4.69) is 53.4 Å². The van der Waals surface area contributed by atoms with E-state index in [1.165, 1.54) is 0 Å². The lowest BCUT2D eigenvalue weighted by Gasteiger charge is -2.38. The molecule has 3 fully saturated rings. The summed E-state index contributed by atoms with van der Waals surface area (Å²) in [6.07, 6.45) is 3.00. The van der Waals surface area contributed by atoms with Crippen molar-refractivity contribution in [3.63, 3.8) is 0 Å². The highest BCUT2D eigenvalue weighted by Gasteiger charge is 2.49. The minimum atomic E-state index is -0.849.